The summed E-state index contributed by atoms with van der Waals surface area (Å²) < 4.78 is 0. The van der Waals surface area contributed by atoms with E-state index in [0.717, 1.165) is 0 Å². The molecule has 0 fully saturated rings. The molecule has 0 aromatic carbocycles. The first-order valence-corrected chi connectivity index (χ1v) is 3.90. The van der Waals surface area contributed by atoms with Gasteiger partial charge in [-0.3, -0.25) is 4.79 Å². The van der Waals surface area contributed by atoms with Crippen LogP contribution in [-0.4, -0.2) is 33.4 Å². The Hall–Kier alpha value is -1.10. The van der Waals surface area contributed by atoms with E-state index in [1.807, 2.05) is 13.8 Å². The minimum absolute atomic E-state index is 0. The van der Waals surface area contributed by atoms with Crippen molar-refractivity contribution in [2.45, 2.75) is 40.7 Å². The lowest BCUT2D eigenvalue weighted by atomic mass is 10.1. The van der Waals surface area contributed by atoms with Crippen molar-refractivity contribution in [2.75, 3.05) is 0 Å². The molecule has 0 amide bonds. The molecule has 5 nitrogen and oxygen atoms in total. The van der Waals surface area contributed by atoms with E-state index >= 15 is 0 Å². The van der Waals surface area contributed by atoms with E-state index in [1.54, 1.807) is 0 Å². The Kier molecular flexibility index (Phi) is 13.3. The molecule has 0 spiro atoms. The molecule has 5 heteroatoms. The Morgan fingerprint density at radius 3 is 1.43 bits per heavy atom. The Labute approximate surface area is 84.4 Å². The molecule has 3 N–H and O–H groups in total. The first kappa shape index (κ1) is 18.6. The zero-order valence-electron chi connectivity index (χ0n) is 8.02. The summed E-state index contributed by atoms with van der Waals surface area (Å²) in [6.07, 6.45) is -0.954. The maximum atomic E-state index is 9.81. The molecule has 0 aliphatic rings. The summed E-state index contributed by atoms with van der Waals surface area (Å²) in [6.45, 7) is 4.96. The Morgan fingerprint density at radius 2 is 1.43 bits per heavy atom. The summed E-state index contributed by atoms with van der Waals surface area (Å²) in [5, 5.41) is 23.9. The minimum Gasteiger partial charge on any atom is -0.481 e. The highest BCUT2D eigenvalue weighted by Gasteiger charge is 2.01. The van der Waals surface area contributed by atoms with E-state index < -0.39 is 18.0 Å². The van der Waals surface area contributed by atoms with Crippen LogP contribution in [0, 0.1) is 5.92 Å². The highest BCUT2D eigenvalue weighted by Crippen LogP contribution is 1.96. The van der Waals surface area contributed by atoms with Crippen LogP contribution in [0.3, 0.4) is 0 Å². The van der Waals surface area contributed by atoms with Crippen LogP contribution < -0.4 is 0 Å². The van der Waals surface area contributed by atoms with Crippen LogP contribution in [-0.2, 0) is 9.59 Å². The van der Waals surface area contributed by atoms with Gasteiger partial charge < -0.3 is 15.3 Å². The van der Waals surface area contributed by atoms with Crippen molar-refractivity contribution in [1.82, 2.24) is 0 Å². The highest BCUT2D eigenvalue weighted by molar-refractivity contribution is 5.71. The summed E-state index contributed by atoms with van der Waals surface area (Å²) in [6, 6.07) is 0. The summed E-state index contributed by atoms with van der Waals surface area (Å²) >= 11 is 0. The van der Waals surface area contributed by atoms with Gasteiger partial charge in [-0.15, -0.1) is 0 Å². The molecule has 1 atom stereocenters. The van der Waals surface area contributed by atoms with Crippen molar-refractivity contribution in [2.24, 2.45) is 5.92 Å². The smallest absolute Gasteiger partial charge is 0.332 e. The van der Waals surface area contributed by atoms with Crippen molar-refractivity contribution in [3.63, 3.8) is 0 Å². The van der Waals surface area contributed by atoms with Crippen LogP contribution in [0.2, 0.25) is 0 Å². The van der Waals surface area contributed by atoms with Gasteiger partial charge in [0.05, 0.1) is 0 Å². The monoisotopic (exact) mass is 208 g/mol. The summed E-state index contributed by atoms with van der Waals surface area (Å²) in [4.78, 5) is 19.3. The van der Waals surface area contributed by atoms with Gasteiger partial charge in [0.2, 0.25) is 0 Å². The number of hydrogen-bond donors (Lipinski definition) is 3. The molecule has 14 heavy (non-hydrogen) atoms. The van der Waals surface area contributed by atoms with E-state index in [2.05, 4.69) is 0 Å². The molecular weight excluding hydrogens is 188 g/mol. The highest BCUT2D eigenvalue weighted by atomic mass is 16.4. The molecule has 0 radical (unpaired) electrons. The van der Waals surface area contributed by atoms with Gasteiger partial charge >= 0.3 is 11.9 Å². The molecule has 0 saturated heterocycles. The van der Waals surface area contributed by atoms with E-state index in [0.29, 0.717) is 0 Å². The molecule has 0 bridgehead atoms. The number of carbonyl (C=O) groups is 2. The Bertz CT molecular complexity index is 163. The number of aliphatic carboxylic acids is 2. The largest absolute Gasteiger partial charge is 0.481 e. The molecule has 0 aliphatic heterocycles. The van der Waals surface area contributed by atoms with Gasteiger partial charge in [0.25, 0.3) is 0 Å². The molecular formula is C9H20O5. The van der Waals surface area contributed by atoms with Gasteiger partial charge in [-0.25, -0.2) is 4.79 Å². The molecule has 0 heterocycles. The SMILES string of the molecule is C.CC(C)CC(=O)O.CC(O)C(=O)O. The molecule has 1 unspecified atom stereocenters. The topological polar surface area (TPSA) is 94.8 Å². The van der Waals surface area contributed by atoms with Gasteiger partial charge in [-0.2, -0.15) is 0 Å². The molecule has 86 valence electrons. The first-order valence-electron chi connectivity index (χ1n) is 3.90. The lowest BCUT2D eigenvalue weighted by molar-refractivity contribution is -0.145. The van der Waals surface area contributed by atoms with E-state index in [4.69, 9.17) is 15.3 Å². The van der Waals surface area contributed by atoms with Crippen LogP contribution in [0.5, 0.6) is 0 Å². The maximum Gasteiger partial charge on any atom is 0.332 e. The fourth-order valence-corrected chi connectivity index (χ4v) is 0.349. The van der Waals surface area contributed by atoms with Crippen molar-refractivity contribution >= 4 is 11.9 Å². The normalized spacial score (nSPS) is 10.6. The standard InChI is InChI=1S/C5H10O2.C3H6O3.CH4/c1-4(2)3-5(6)7;1-2(4)3(5)6;/h4H,3H2,1-2H3,(H,6,7);2,4H,1H3,(H,5,6);1H4. The van der Waals surface area contributed by atoms with Crippen molar-refractivity contribution in [3.8, 4) is 0 Å². The fourth-order valence-electron chi connectivity index (χ4n) is 0.349. The second kappa shape index (κ2) is 9.98. The van der Waals surface area contributed by atoms with Crippen LogP contribution in [0.25, 0.3) is 0 Å². The number of aliphatic hydroxyl groups is 1. The third-order valence-corrected chi connectivity index (χ3v) is 0.940. The van der Waals surface area contributed by atoms with E-state index in [-0.39, 0.29) is 19.8 Å². The average molecular weight is 208 g/mol. The van der Waals surface area contributed by atoms with Crippen LogP contribution >= 0.6 is 0 Å². The molecule has 0 aromatic rings. The van der Waals surface area contributed by atoms with Gasteiger partial charge in [0.15, 0.2) is 0 Å². The fraction of sp³-hybridized carbons (Fsp3) is 0.778. The minimum atomic E-state index is -1.23. The number of hydrogen-bond acceptors (Lipinski definition) is 3. The van der Waals surface area contributed by atoms with Gasteiger partial charge in [-0.05, 0) is 12.8 Å². The van der Waals surface area contributed by atoms with Crippen LogP contribution in [0.15, 0.2) is 0 Å². The van der Waals surface area contributed by atoms with E-state index in [1.165, 1.54) is 6.92 Å². The predicted octanol–water partition coefficient (Wildman–Crippen LogP) is 1.20. The third kappa shape index (κ3) is 22.4. The van der Waals surface area contributed by atoms with Crippen LogP contribution in [0.1, 0.15) is 34.6 Å². The molecule has 0 aliphatic carbocycles. The predicted molar refractivity (Wildman–Crippen MR) is 53.1 cm³/mol. The summed E-state index contributed by atoms with van der Waals surface area (Å²) in [5.74, 6) is -1.62. The Balaban J connectivity index is -0.000000163. The second-order valence-corrected chi connectivity index (χ2v) is 3.01. The summed E-state index contributed by atoms with van der Waals surface area (Å²) in [5.41, 5.74) is 0. The van der Waals surface area contributed by atoms with E-state index in [9.17, 15) is 9.59 Å². The van der Waals surface area contributed by atoms with Gasteiger partial charge in [0, 0.05) is 6.42 Å². The summed E-state index contributed by atoms with van der Waals surface area (Å²) in [7, 11) is 0. The zero-order chi connectivity index (χ0) is 11.0. The van der Waals surface area contributed by atoms with Crippen molar-refractivity contribution in [3.05, 3.63) is 0 Å². The number of rotatable bonds is 3. The first-order chi connectivity index (χ1) is 5.77. The molecule has 0 saturated carbocycles. The lowest BCUT2D eigenvalue weighted by Gasteiger charge is -1.94. The molecule has 0 rings (SSSR count). The van der Waals surface area contributed by atoms with Crippen molar-refractivity contribution in [1.29, 1.82) is 0 Å². The average Bonchev–Trinajstić information content (AvgIpc) is 1.84. The van der Waals surface area contributed by atoms with Gasteiger partial charge in [-0.1, -0.05) is 21.3 Å². The number of carboxylic acid groups (broad SMARTS) is 2. The zero-order valence-corrected chi connectivity index (χ0v) is 8.02. The maximum absolute atomic E-state index is 9.81. The van der Waals surface area contributed by atoms with Crippen LogP contribution in [0.4, 0.5) is 0 Å². The quantitative estimate of drug-likeness (QED) is 0.647. The van der Waals surface area contributed by atoms with Gasteiger partial charge in [0.1, 0.15) is 6.10 Å². The van der Waals surface area contributed by atoms with Crippen molar-refractivity contribution < 1.29 is 24.9 Å². The Morgan fingerprint density at radius 1 is 1.14 bits per heavy atom. The second-order valence-electron chi connectivity index (χ2n) is 3.01. The third-order valence-electron chi connectivity index (χ3n) is 0.940. The molecule has 0 aromatic heterocycles. The lowest BCUT2D eigenvalue weighted by Crippen LogP contribution is -2.13. The number of aliphatic hydroxyl groups excluding tert-OH is 1. The number of carboxylic acids is 2.